The van der Waals surface area contributed by atoms with Crippen LogP contribution in [0.5, 0.6) is 0 Å². The van der Waals surface area contributed by atoms with Crippen molar-refractivity contribution in [3.05, 3.63) is 28.2 Å². The normalized spacial score (nSPS) is 18.3. The predicted molar refractivity (Wildman–Crippen MR) is 99.6 cm³/mol. The van der Waals surface area contributed by atoms with Crippen LogP contribution in [0, 0.1) is 6.92 Å². The van der Waals surface area contributed by atoms with E-state index < -0.39 is 0 Å². The van der Waals surface area contributed by atoms with E-state index in [0.29, 0.717) is 11.7 Å². The summed E-state index contributed by atoms with van der Waals surface area (Å²) in [6.07, 6.45) is 2.23. The number of hydrogen-bond acceptors (Lipinski definition) is 6. The predicted octanol–water partition coefficient (Wildman–Crippen LogP) is 3.04. The van der Waals surface area contributed by atoms with E-state index in [2.05, 4.69) is 36.8 Å². The number of tetrazole rings is 1. The van der Waals surface area contributed by atoms with Gasteiger partial charge < -0.3 is 10.1 Å². The smallest absolute Gasteiger partial charge is 0.237 e. The molecule has 0 aliphatic carbocycles. The molecule has 134 valence electrons. The molecule has 0 spiro atoms. The fourth-order valence-corrected chi connectivity index (χ4v) is 3.94. The van der Waals surface area contributed by atoms with E-state index in [-0.39, 0.29) is 17.3 Å². The number of amides is 1. The molecule has 1 aromatic heterocycles. The second kappa shape index (κ2) is 8.29. The van der Waals surface area contributed by atoms with Crippen LogP contribution in [-0.2, 0) is 16.1 Å². The molecule has 1 aromatic carbocycles. The molecule has 1 aliphatic heterocycles. The van der Waals surface area contributed by atoms with Crippen molar-refractivity contribution in [1.29, 1.82) is 0 Å². The number of nitrogens with zero attached hydrogens (tertiary/aromatic N) is 4. The molecular weight excluding hydrogens is 406 g/mol. The van der Waals surface area contributed by atoms with Crippen LogP contribution < -0.4 is 5.32 Å². The Morgan fingerprint density at radius 1 is 1.56 bits per heavy atom. The first-order chi connectivity index (χ1) is 12.0. The minimum atomic E-state index is -0.331. The summed E-state index contributed by atoms with van der Waals surface area (Å²) in [4.78, 5) is 12.5. The summed E-state index contributed by atoms with van der Waals surface area (Å²) in [5.41, 5.74) is 1.88. The van der Waals surface area contributed by atoms with Crippen molar-refractivity contribution in [2.45, 2.75) is 49.7 Å². The quantitative estimate of drug-likeness (QED) is 0.716. The molecule has 1 saturated heterocycles. The molecule has 7 nitrogen and oxygen atoms in total. The molecule has 0 saturated carbocycles. The van der Waals surface area contributed by atoms with E-state index in [4.69, 9.17) is 4.74 Å². The minimum absolute atomic E-state index is 0.0961. The summed E-state index contributed by atoms with van der Waals surface area (Å²) in [5, 5.41) is 15.0. The number of ether oxygens (including phenoxy) is 1. The van der Waals surface area contributed by atoms with E-state index in [0.717, 1.165) is 35.2 Å². The summed E-state index contributed by atoms with van der Waals surface area (Å²) in [5.74, 6) is -0.0961. The van der Waals surface area contributed by atoms with Crippen LogP contribution in [-0.4, -0.2) is 44.1 Å². The van der Waals surface area contributed by atoms with Gasteiger partial charge in [-0.25, -0.2) is 4.68 Å². The molecule has 2 atom stereocenters. The van der Waals surface area contributed by atoms with Crippen molar-refractivity contribution in [1.82, 2.24) is 20.2 Å². The number of aryl methyl sites for hydroxylation is 1. The average molecular weight is 426 g/mol. The molecule has 2 aromatic rings. The highest BCUT2D eigenvalue weighted by molar-refractivity contribution is 9.10. The van der Waals surface area contributed by atoms with E-state index in [9.17, 15) is 4.79 Å². The van der Waals surface area contributed by atoms with E-state index >= 15 is 0 Å². The second-order valence-electron chi connectivity index (χ2n) is 6.01. The summed E-state index contributed by atoms with van der Waals surface area (Å²) >= 11 is 4.81. The Morgan fingerprint density at radius 3 is 3.12 bits per heavy atom. The minimum Gasteiger partial charge on any atom is -0.376 e. The molecular formula is C16H20BrN5O2S. The lowest BCUT2D eigenvalue weighted by Crippen LogP contribution is -2.24. The number of thioether (sulfide) groups is 1. The lowest BCUT2D eigenvalue weighted by Gasteiger charge is -2.14. The maximum atomic E-state index is 12.5. The zero-order valence-corrected chi connectivity index (χ0v) is 16.5. The molecule has 1 aliphatic rings. The number of carbonyl (C=O) groups is 1. The van der Waals surface area contributed by atoms with Crippen molar-refractivity contribution in [2.24, 2.45) is 0 Å². The zero-order chi connectivity index (χ0) is 17.8. The van der Waals surface area contributed by atoms with Crippen LogP contribution in [0.1, 0.15) is 25.3 Å². The molecule has 0 bridgehead atoms. The fourth-order valence-electron chi connectivity index (χ4n) is 2.54. The first kappa shape index (κ1) is 18.3. The number of carbonyl (C=O) groups excluding carboxylic acids is 1. The second-order valence-corrected chi connectivity index (χ2v) is 8.17. The number of nitrogens with one attached hydrogen (secondary N) is 1. The molecule has 3 rings (SSSR count). The van der Waals surface area contributed by atoms with Gasteiger partial charge in [0.15, 0.2) is 0 Å². The van der Waals surface area contributed by atoms with Crippen molar-refractivity contribution in [3.8, 4) is 0 Å². The monoisotopic (exact) mass is 425 g/mol. The average Bonchev–Trinajstić information content (AvgIpc) is 3.23. The topological polar surface area (TPSA) is 81.9 Å². The molecule has 0 unspecified atom stereocenters. The van der Waals surface area contributed by atoms with Crippen molar-refractivity contribution >= 4 is 39.3 Å². The van der Waals surface area contributed by atoms with Crippen LogP contribution in [0.4, 0.5) is 5.69 Å². The summed E-state index contributed by atoms with van der Waals surface area (Å²) < 4.78 is 8.20. The Hall–Kier alpha value is -1.45. The Kier molecular flexibility index (Phi) is 6.08. The van der Waals surface area contributed by atoms with Gasteiger partial charge in [-0.3, -0.25) is 4.79 Å². The number of hydrogen-bond donors (Lipinski definition) is 1. The van der Waals surface area contributed by atoms with Gasteiger partial charge in [-0.2, -0.15) is 0 Å². The highest BCUT2D eigenvalue weighted by Crippen LogP contribution is 2.26. The van der Waals surface area contributed by atoms with Gasteiger partial charge in [-0.1, -0.05) is 17.8 Å². The highest BCUT2D eigenvalue weighted by Gasteiger charge is 2.22. The first-order valence-electron chi connectivity index (χ1n) is 8.14. The molecule has 0 radical (unpaired) electrons. The third-order valence-electron chi connectivity index (χ3n) is 3.93. The Balaban J connectivity index is 1.60. The van der Waals surface area contributed by atoms with Gasteiger partial charge in [0.2, 0.25) is 11.1 Å². The lowest BCUT2D eigenvalue weighted by molar-refractivity contribution is -0.115. The lowest BCUT2D eigenvalue weighted by atomic mass is 10.2. The van der Waals surface area contributed by atoms with Crippen molar-refractivity contribution in [3.63, 3.8) is 0 Å². The Morgan fingerprint density at radius 2 is 2.40 bits per heavy atom. The van der Waals surface area contributed by atoms with Crippen molar-refractivity contribution < 1.29 is 9.53 Å². The van der Waals surface area contributed by atoms with Gasteiger partial charge >= 0.3 is 0 Å². The van der Waals surface area contributed by atoms with E-state index in [1.54, 1.807) is 4.68 Å². The molecule has 1 amide bonds. The summed E-state index contributed by atoms with van der Waals surface area (Å²) in [7, 11) is 0. The van der Waals surface area contributed by atoms with Crippen LogP contribution >= 0.6 is 27.7 Å². The zero-order valence-electron chi connectivity index (χ0n) is 14.1. The van der Waals surface area contributed by atoms with Gasteiger partial charge in [-0.05, 0) is 70.7 Å². The third kappa shape index (κ3) is 4.80. The summed E-state index contributed by atoms with van der Waals surface area (Å²) in [6.45, 7) is 5.25. The van der Waals surface area contributed by atoms with E-state index in [1.807, 2.05) is 32.0 Å². The van der Waals surface area contributed by atoms with Gasteiger partial charge in [0.05, 0.1) is 23.6 Å². The summed E-state index contributed by atoms with van der Waals surface area (Å²) in [6, 6.07) is 5.81. The van der Waals surface area contributed by atoms with E-state index in [1.165, 1.54) is 11.8 Å². The molecule has 1 fully saturated rings. The number of benzene rings is 1. The Bertz CT molecular complexity index is 748. The van der Waals surface area contributed by atoms with Gasteiger partial charge in [0.25, 0.3) is 0 Å². The van der Waals surface area contributed by atoms with Crippen LogP contribution in [0.2, 0.25) is 0 Å². The first-order valence-corrected chi connectivity index (χ1v) is 9.81. The van der Waals surface area contributed by atoms with Crippen LogP contribution in [0.25, 0.3) is 0 Å². The molecule has 1 N–H and O–H groups in total. The fraction of sp³-hybridized carbons (Fsp3) is 0.500. The third-order valence-corrected chi connectivity index (χ3v) is 5.66. The van der Waals surface area contributed by atoms with Gasteiger partial charge in [0, 0.05) is 11.1 Å². The standard InChI is InChI=1S/C16H20BrN5O2S/c1-10-5-6-14(13(17)8-10)18-15(23)11(2)25-16-19-20-21-22(16)9-12-4-3-7-24-12/h5-6,8,11-12H,3-4,7,9H2,1-2H3,(H,18,23)/t11-,12+/m0/s1. The largest absolute Gasteiger partial charge is 0.376 e. The highest BCUT2D eigenvalue weighted by atomic mass is 79.9. The molecule has 9 heteroatoms. The Labute approximate surface area is 159 Å². The number of anilines is 1. The van der Waals surface area contributed by atoms with Gasteiger partial charge in [-0.15, -0.1) is 5.10 Å². The van der Waals surface area contributed by atoms with Gasteiger partial charge in [0.1, 0.15) is 0 Å². The maximum Gasteiger partial charge on any atom is 0.237 e. The number of rotatable bonds is 6. The number of halogens is 1. The maximum absolute atomic E-state index is 12.5. The van der Waals surface area contributed by atoms with Crippen LogP contribution in [0.3, 0.4) is 0 Å². The SMILES string of the molecule is Cc1ccc(NC(=O)[C@H](C)Sc2nnnn2C[C@H]2CCCO2)c(Br)c1. The molecule has 25 heavy (non-hydrogen) atoms. The van der Waals surface area contributed by atoms with Crippen molar-refractivity contribution in [2.75, 3.05) is 11.9 Å². The molecule has 2 heterocycles. The number of aromatic nitrogens is 4. The van der Waals surface area contributed by atoms with Crippen LogP contribution in [0.15, 0.2) is 27.8 Å².